The van der Waals surface area contributed by atoms with Gasteiger partial charge in [0.25, 0.3) is 0 Å². The lowest BCUT2D eigenvalue weighted by molar-refractivity contribution is 0.135. The van der Waals surface area contributed by atoms with E-state index in [-0.39, 0.29) is 0 Å². The van der Waals surface area contributed by atoms with Gasteiger partial charge in [0.2, 0.25) is 0 Å². The fourth-order valence-corrected chi connectivity index (χ4v) is 1.54. The summed E-state index contributed by atoms with van der Waals surface area (Å²) in [6.07, 6.45) is 1.98. The smallest absolute Gasteiger partial charge is 0.122 e. The number of nitrogens with two attached hydrogens (primary N) is 1. The zero-order chi connectivity index (χ0) is 9.26. The molecule has 3 nitrogen and oxygen atoms in total. The second-order valence-corrected chi connectivity index (χ2v) is 2.99. The molecule has 0 fully saturated rings. The van der Waals surface area contributed by atoms with Crippen LogP contribution in [0.2, 0.25) is 0 Å². The highest BCUT2D eigenvalue weighted by atomic mass is 16.5. The number of nitrogen functional groups attached to an aromatic ring is 1. The Morgan fingerprint density at radius 1 is 1.38 bits per heavy atom. The van der Waals surface area contributed by atoms with Crippen molar-refractivity contribution >= 4 is 16.6 Å². The predicted molar refractivity (Wildman–Crippen MR) is 53.4 cm³/mol. The molecule has 2 N–H and O–H groups in total. The third-order valence-corrected chi connectivity index (χ3v) is 2.09. The van der Waals surface area contributed by atoms with E-state index in [1.807, 2.05) is 35.0 Å². The van der Waals surface area contributed by atoms with Gasteiger partial charge >= 0.3 is 0 Å². The second kappa shape index (κ2) is 3.11. The van der Waals surface area contributed by atoms with Gasteiger partial charge in [-0.15, -0.1) is 0 Å². The fourth-order valence-electron chi connectivity index (χ4n) is 1.54. The number of aromatic nitrogens is 1. The van der Waals surface area contributed by atoms with Crippen LogP contribution >= 0.6 is 0 Å². The first-order chi connectivity index (χ1) is 6.33. The molecule has 0 amide bonds. The van der Waals surface area contributed by atoms with Crippen molar-refractivity contribution in [2.24, 2.45) is 0 Å². The highest BCUT2D eigenvalue weighted by Gasteiger charge is 2.02. The van der Waals surface area contributed by atoms with Gasteiger partial charge in [-0.25, -0.2) is 0 Å². The summed E-state index contributed by atoms with van der Waals surface area (Å²) in [5.74, 6) is 0. The Morgan fingerprint density at radius 3 is 3.00 bits per heavy atom. The predicted octanol–water partition coefficient (Wildman–Crippen LogP) is 1.83. The van der Waals surface area contributed by atoms with E-state index in [2.05, 4.69) is 0 Å². The van der Waals surface area contributed by atoms with Gasteiger partial charge in [0.15, 0.2) is 0 Å². The average Bonchev–Trinajstić information content (AvgIpc) is 2.51. The number of hydrogen-bond acceptors (Lipinski definition) is 2. The maximum absolute atomic E-state index is 5.86. The quantitative estimate of drug-likeness (QED) is 0.709. The average molecular weight is 176 g/mol. The zero-order valence-electron chi connectivity index (χ0n) is 7.53. The van der Waals surface area contributed by atoms with Gasteiger partial charge in [-0.3, -0.25) is 0 Å². The molecule has 0 saturated carbocycles. The monoisotopic (exact) mass is 176 g/mol. The van der Waals surface area contributed by atoms with E-state index < -0.39 is 0 Å². The number of methoxy groups -OCH3 is 1. The molecule has 0 aliphatic carbocycles. The van der Waals surface area contributed by atoms with Crippen molar-refractivity contribution in [1.82, 2.24) is 4.57 Å². The Hall–Kier alpha value is -1.48. The lowest BCUT2D eigenvalue weighted by Gasteiger charge is -2.04. The molecule has 0 aliphatic heterocycles. The minimum Gasteiger partial charge on any atom is -0.397 e. The van der Waals surface area contributed by atoms with E-state index in [9.17, 15) is 0 Å². The minimum absolute atomic E-state index is 0.539. The number of fused-ring (bicyclic) bond motifs is 1. The highest BCUT2D eigenvalue weighted by molar-refractivity contribution is 5.90. The summed E-state index contributed by atoms with van der Waals surface area (Å²) in [6.45, 7) is 0.539. The van der Waals surface area contributed by atoms with Gasteiger partial charge < -0.3 is 15.0 Å². The summed E-state index contributed by atoms with van der Waals surface area (Å²) in [4.78, 5) is 0. The SMILES string of the molecule is COCn1ccc2cccc(N)c21. The molecule has 1 aromatic carbocycles. The van der Waals surface area contributed by atoms with Crippen LogP contribution in [0.4, 0.5) is 5.69 Å². The van der Waals surface area contributed by atoms with Crippen LogP contribution < -0.4 is 5.73 Å². The largest absolute Gasteiger partial charge is 0.397 e. The first-order valence-electron chi connectivity index (χ1n) is 4.15. The van der Waals surface area contributed by atoms with Crippen molar-refractivity contribution in [2.75, 3.05) is 12.8 Å². The molecule has 0 spiro atoms. The first kappa shape index (κ1) is 8.13. The maximum Gasteiger partial charge on any atom is 0.122 e. The molecule has 68 valence electrons. The molecule has 0 atom stereocenters. The Labute approximate surface area is 76.7 Å². The summed E-state index contributed by atoms with van der Waals surface area (Å²) in [5.41, 5.74) is 7.69. The summed E-state index contributed by atoms with van der Waals surface area (Å²) >= 11 is 0. The molecule has 0 unspecified atom stereocenters. The van der Waals surface area contributed by atoms with Crippen LogP contribution in [-0.2, 0) is 11.5 Å². The van der Waals surface area contributed by atoms with Crippen LogP contribution in [0.15, 0.2) is 30.5 Å². The summed E-state index contributed by atoms with van der Waals surface area (Å²) in [7, 11) is 1.67. The van der Waals surface area contributed by atoms with Gasteiger partial charge in [-0.05, 0) is 12.1 Å². The van der Waals surface area contributed by atoms with Gasteiger partial charge in [-0.1, -0.05) is 12.1 Å². The van der Waals surface area contributed by atoms with Crippen molar-refractivity contribution in [2.45, 2.75) is 6.73 Å². The molecule has 0 aliphatic rings. The molecule has 13 heavy (non-hydrogen) atoms. The van der Waals surface area contributed by atoms with Crippen LogP contribution in [0.5, 0.6) is 0 Å². The van der Waals surface area contributed by atoms with Gasteiger partial charge in [0.05, 0.1) is 11.2 Å². The van der Waals surface area contributed by atoms with Crippen molar-refractivity contribution in [3.05, 3.63) is 30.5 Å². The summed E-state index contributed by atoms with van der Waals surface area (Å²) in [6, 6.07) is 7.92. The Kier molecular flexibility index (Phi) is 1.94. The maximum atomic E-state index is 5.86. The summed E-state index contributed by atoms with van der Waals surface area (Å²) in [5, 5.41) is 1.15. The van der Waals surface area contributed by atoms with Gasteiger partial charge in [-0.2, -0.15) is 0 Å². The van der Waals surface area contributed by atoms with E-state index in [1.54, 1.807) is 7.11 Å². The normalized spacial score (nSPS) is 10.8. The van der Waals surface area contributed by atoms with E-state index in [1.165, 1.54) is 0 Å². The van der Waals surface area contributed by atoms with E-state index in [0.29, 0.717) is 6.73 Å². The molecule has 0 radical (unpaired) electrons. The minimum atomic E-state index is 0.539. The number of hydrogen-bond donors (Lipinski definition) is 1. The Morgan fingerprint density at radius 2 is 2.23 bits per heavy atom. The Balaban J connectivity index is 2.64. The van der Waals surface area contributed by atoms with E-state index in [0.717, 1.165) is 16.6 Å². The van der Waals surface area contributed by atoms with Crippen molar-refractivity contribution in [3.8, 4) is 0 Å². The highest BCUT2D eigenvalue weighted by Crippen LogP contribution is 2.21. The molecule has 0 bridgehead atoms. The topological polar surface area (TPSA) is 40.2 Å². The third-order valence-electron chi connectivity index (χ3n) is 2.09. The standard InChI is InChI=1S/C10H12N2O/c1-13-7-12-6-5-8-3-2-4-9(11)10(8)12/h2-6H,7,11H2,1H3. The van der Waals surface area contributed by atoms with Crippen LogP contribution in [0.1, 0.15) is 0 Å². The lowest BCUT2D eigenvalue weighted by atomic mass is 10.2. The van der Waals surface area contributed by atoms with Crippen LogP contribution in [0, 0.1) is 0 Å². The number of rotatable bonds is 2. The van der Waals surface area contributed by atoms with Gasteiger partial charge in [0.1, 0.15) is 6.73 Å². The van der Waals surface area contributed by atoms with E-state index in [4.69, 9.17) is 10.5 Å². The van der Waals surface area contributed by atoms with Crippen molar-refractivity contribution in [3.63, 3.8) is 0 Å². The summed E-state index contributed by atoms with van der Waals surface area (Å²) < 4.78 is 7.05. The molecule has 3 heteroatoms. The molecule has 0 saturated heterocycles. The van der Waals surface area contributed by atoms with Crippen molar-refractivity contribution < 1.29 is 4.74 Å². The van der Waals surface area contributed by atoms with Crippen LogP contribution in [0.3, 0.4) is 0 Å². The van der Waals surface area contributed by atoms with Gasteiger partial charge in [0, 0.05) is 18.7 Å². The fraction of sp³-hybridized carbons (Fsp3) is 0.200. The van der Waals surface area contributed by atoms with Crippen molar-refractivity contribution in [1.29, 1.82) is 0 Å². The molecule has 1 aromatic heterocycles. The third kappa shape index (κ3) is 1.27. The number of nitrogens with zero attached hydrogens (tertiary/aromatic N) is 1. The zero-order valence-corrected chi connectivity index (χ0v) is 7.53. The van der Waals surface area contributed by atoms with Crippen LogP contribution in [0.25, 0.3) is 10.9 Å². The van der Waals surface area contributed by atoms with E-state index >= 15 is 0 Å². The number of para-hydroxylation sites is 1. The molecular formula is C10H12N2O. The molecule has 2 rings (SSSR count). The molecule has 2 aromatic rings. The molecule has 1 heterocycles. The number of anilines is 1. The number of benzene rings is 1. The lowest BCUT2D eigenvalue weighted by Crippen LogP contribution is -1.99. The van der Waals surface area contributed by atoms with Crippen LogP contribution in [-0.4, -0.2) is 11.7 Å². The molecular weight excluding hydrogens is 164 g/mol. The Bertz CT molecular complexity index is 420. The first-order valence-corrected chi connectivity index (χ1v) is 4.15. The number of ether oxygens (including phenoxy) is 1. The second-order valence-electron chi connectivity index (χ2n) is 2.99.